The van der Waals surface area contributed by atoms with Gasteiger partial charge in [0.05, 0.1) is 0 Å². The Kier molecular flexibility index (Phi) is 7.28. The molecule has 0 unspecified atom stereocenters. The van der Waals surface area contributed by atoms with Crippen molar-refractivity contribution in [1.82, 2.24) is 4.90 Å². The fraction of sp³-hybridized carbons (Fsp3) is 0.286. The SMILES string of the molecule is Cc1ccc(C(=O)Cc2c(O)cccc2NC(=O)c2ccc(N3CCCN(C)CC3)cc2)cc1. The second kappa shape index (κ2) is 10.5. The van der Waals surface area contributed by atoms with Gasteiger partial charge in [-0.05, 0) is 63.3 Å². The largest absolute Gasteiger partial charge is 0.508 e. The maximum atomic E-state index is 13.0. The molecule has 1 fully saturated rings. The maximum Gasteiger partial charge on any atom is 0.255 e. The third kappa shape index (κ3) is 5.64. The van der Waals surface area contributed by atoms with Gasteiger partial charge in [0.2, 0.25) is 0 Å². The van der Waals surface area contributed by atoms with Crippen LogP contribution in [-0.2, 0) is 6.42 Å². The topological polar surface area (TPSA) is 72.9 Å². The first kappa shape index (κ1) is 23.5. The lowest BCUT2D eigenvalue weighted by molar-refractivity contribution is 0.0988. The van der Waals surface area contributed by atoms with Gasteiger partial charge >= 0.3 is 0 Å². The number of phenolic OH excluding ortho intramolecular Hbond substituents is 1. The quantitative estimate of drug-likeness (QED) is 0.533. The summed E-state index contributed by atoms with van der Waals surface area (Å²) in [6, 6.07) is 19.8. The average molecular weight is 458 g/mol. The van der Waals surface area contributed by atoms with Gasteiger partial charge in [-0.25, -0.2) is 0 Å². The van der Waals surface area contributed by atoms with Crippen molar-refractivity contribution >= 4 is 23.1 Å². The predicted octanol–water partition coefficient (Wildman–Crippen LogP) is 4.52. The van der Waals surface area contributed by atoms with E-state index in [0.29, 0.717) is 22.4 Å². The lowest BCUT2D eigenvalue weighted by Gasteiger charge is -2.23. The van der Waals surface area contributed by atoms with Gasteiger partial charge in [-0.1, -0.05) is 35.9 Å². The molecule has 1 heterocycles. The number of hydrogen-bond donors (Lipinski definition) is 2. The molecular weight excluding hydrogens is 426 g/mol. The Morgan fingerprint density at radius 2 is 1.59 bits per heavy atom. The standard InChI is InChI=1S/C28H31N3O3/c1-20-7-9-21(10-8-20)27(33)19-24-25(5-3-6-26(24)32)29-28(34)22-11-13-23(14-12-22)31-16-4-15-30(2)17-18-31/h3,5-14,32H,4,15-19H2,1-2H3,(H,29,34). The fourth-order valence-electron chi connectivity index (χ4n) is 4.20. The van der Waals surface area contributed by atoms with Crippen LogP contribution in [0.3, 0.4) is 0 Å². The zero-order valence-corrected chi connectivity index (χ0v) is 19.8. The number of nitrogens with zero attached hydrogens (tertiary/aromatic N) is 2. The summed E-state index contributed by atoms with van der Waals surface area (Å²) in [5.41, 5.74) is 4.11. The minimum absolute atomic E-state index is 0.00626. The molecular formula is C28H31N3O3. The zero-order valence-electron chi connectivity index (χ0n) is 19.8. The molecule has 3 aromatic rings. The highest BCUT2D eigenvalue weighted by Gasteiger charge is 2.17. The molecule has 0 aromatic heterocycles. The van der Waals surface area contributed by atoms with Gasteiger partial charge in [-0.15, -0.1) is 0 Å². The molecule has 0 atom stereocenters. The van der Waals surface area contributed by atoms with Crippen molar-refractivity contribution in [2.24, 2.45) is 0 Å². The Labute approximate surface area is 200 Å². The molecule has 0 saturated carbocycles. The summed E-state index contributed by atoms with van der Waals surface area (Å²) in [7, 11) is 2.14. The number of phenols is 1. The van der Waals surface area contributed by atoms with Gasteiger partial charge in [0.1, 0.15) is 5.75 Å². The molecule has 1 amide bonds. The summed E-state index contributed by atoms with van der Waals surface area (Å²) < 4.78 is 0. The van der Waals surface area contributed by atoms with E-state index in [2.05, 4.69) is 22.2 Å². The van der Waals surface area contributed by atoms with E-state index in [1.165, 1.54) is 6.07 Å². The summed E-state index contributed by atoms with van der Waals surface area (Å²) >= 11 is 0. The Balaban J connectivity index is 1.47. The van der Waals surface area contributed by atoms with Gasteiger partial charge in [0, 0.05) is 54.1 Å². The Morgan fingerprint density at radius 1 is 0.882 bits per heavy atom. The second-order valence-electron chi connectivity index (χ2n) is 8.91. The summed E-state index contributed by atoms with van der Waals surface area (Å²) in [5, 5.41) is 13.3. The van der Waals surface area contributed by atoms with Crippen molar-refractivity contribution in [3.05, 3.63) is 89.0 Å². The Morgan fingerprint density at radius 3 is 2.32 bits per heavy atom. The van der Waals surface area contributed by atoms with Crippen molar-refractivity contribution in [1.29, 1.82) is 0 Å². The molecule has 4 rings (SSSR count). The Hall–Kier alpha value is -3.64. The number of aromatic hydroxyl groups is 1. The summed E-state index contributed by atoms with van der Waals surface area (Å²) in [6.07, 6.45) is 1.11. The van der Waals surface area contributed by atoms with Crippen LogP contribution in [0.2, 0.25) is 0 Å². The lowest BCUT2D eigenvalue weighted by atomic mass is 10.00. The molecule has 0 radical (unpaired) electrons. The molecule has 34 heavy (non-hydrogen) atoms. The number of aryl methyl sites for hydroxylation is 1. The molecule has 1 saturated heterocycles. The number of ketones is 1. The molecule has 0 bridgehead atoms. The van der Waals surface area contributed by atoms with Crippen LogP contribution in [0.1, 0.15) is 38.3 Å². The number of rotatable bonds is 6. The molecule has 0 spiro atoms. The third-order valence-corrected chi connectivity index (χ3v) is 6.32. The van der Waals surface area contributed by atoms with Gasteiger partial charge in [-0.2, -0.15) is 0 Å². The smallest absolute Gasteiger partial charge is 0.255 e. The van der Waals surface area contributed by atoms with Crippen molar-refractivity contribution < 1.29 is 14.7 Å². The normalized spacial score (nSPS) is 14.5. The van der Waals surface area contributed by atoms with Gasteiger partial charge in [-0.3, -0.25) is 9.59 Å². The molecule has 1 aliphatic rings. The number of likely N-dealkylation sites (N-methyl/N-ethyl adjacent to an activating group) is 1. The number of carbonyl (C=O) groups is 2. The van der Waals surface area contributed by atoms with Crippen molar-refractivity contribution in [2.45, 2.75) is 19.8 Å². The van der Waals surface area contributed by atoms with Crippen LogP contribution in [0.4, 0.5) is 11.4 Å². The zero-order chi connectivity index (χ0) is 24.1. The van der Waals surface area contributed by atoms with E-state index in [4.69, 9.17) is 0 Å². The predicted molar refractivity (Wildman–Crippen MR) is 136 cm³/mol. The molecule has 3 aromatic carbocycles. The molecule has 6 nitrogen and oxygen atoms in total. The number of hydrogen-bond acceptors (Lipinski definition) is 5. The monoisotopic (exact) mass is 457 g/mol. The minimum atomic E-state index is -0.281. The molecule has 176 valence electrons. The number of anilines is 2. The van der Waals surface area contributed by atoms with Crippen molar-refractivity contribution in [2.75, 3.05) is 43.4 Å². The van der Waals surface area contributed by atoms with E-state index < -0.39 is 0 Å². The van der Waals surface area contributed by atoms with Crippen molar-refractivity contribution in [3.8, 4) is 5.75 Å². The van der Waals surface area contributed by atoms with E-state index in [0.717, 1.165) is 43.9 Å². The van der Waals surface area contributed by atoms with Crippen LogP contribution in [0.15, 0.2) is 66.7 Å². The van der Waals surface area contributed by atoms with E-state index in [1.807, 2.05) is 43.3 Å². The summed E-state index contributed by atoms with van der Waals surface area (Å²) in [6.45, 7) is 6.03. The van der Waals surface area contributed by atoms with Gasteiger partial charge in [0.15, 0.2) is 5.78 Å². The van der Waals surface area contributed by atoms with E-state index in [9.17, 15) is 14.7 Å². The van der Waals surface area contributed by atoms with E-state index in [-0.39, 0.29) is 23.9 Å². The first-order valence-electron chi connectivity index (χ1n) is 11.7. The minimum Gasteiger partial charge on any atom is -0.508 e. The molecule has 2 N–H and O–H groups in total. The molecule has 0 aliphatic carbocycles. The highest BCUT2D eigenvalue weighted by molar-refractivity contribution is 6.06. The highest BCUT2D eigenvalue weighted by Crippen LogP contribution is 2.28. The van der Waals surface area contributed by atoms with Crippen LogP contribution >= 0.6 is 0 Å². The van der Waals surface area contributed by atoms with E-state index >= 15 is 0 Å². The van der Waals surface area contributed by atoms with Gasteiger partial charge < -0.3 is 20.2 Å². The van der Waals surface area contributed by atoms with Crippen LogP contribution in [0.5, 0.6) is 5.75 Å². The molecule has 1 aliphatic heterocycles. The number of carbonyl (C=O) groups excluding carboxylic acids is 2. The number of Topliss-reactive ketones (excluding diaryl/α,β-unsaturated/α-hetero) is 1. The maximum absolute atomic E-state index is 13.0. The van der Waals surface area contributed by atoms with Crippen molar-refractivity contribution in [3.63, 3.8) is 0 Å². The fourth-order valence-corrected chi connectivity index (χ4v) is 4.20. The second-order valence-corrected chi connectivity index (χ2v) is 8.91. The number of amides is 1. The van der Waals surface area contributed by atoms with Crippen LogP contribution < -0.4 is 10.2 Å². The number of nitrogens with one attached hydrogen (secondary N) is 1. The Bertz CT molecular complexity index is 1160. The lowest BCUT2D eigenvalue weighted by Crippen LogP contribution is -2.28. The number of benzene rings is 3. The first-order chi connectivity index (χ1) is 16.4. The van der Waals surface area contributed by atoms with Crippen LogP contribution in [0.25, 0.3) is 0 Å². The highest BCUT2D eigenvalue weighted by atomic mass is 16.3. The van der Waals surface area contributed by atoms with Gasteiger partial charge in [0.25, 0.3) is 5.91 Å². The summed E-state index contributed by atoms with van der Waals surface area (Å²) in [5.74, 6) is -0.416. The van der Waals surface area contributed by atoms with E-state index in [1.54, 1.807) is 24.3 Å². The molecule has 6 heteroatoms. The van der Waals surface area contributed by atoms with Crippen LogP contribution in [-0.4, -0.2) is 54.9 Å². The first-order valence-corrected chi connectivity index (χ1v) is 11.7. The summed E-state index contributed by atoms with van der Waals surface area (Å²) in [4.78, 5) is 30.4. The average Bonchev–Trinajstić information content (AvgIpc) is 3.06. The van der Waals surface area contributed by atoms with Crippen LogP contribution in [0, 0.1) is 6.92 Å². The third-order valence-electron chi connectivity index (χ3n) is 6.32.